The molecule has 3 fully saturated rings. The highest BCUT2D eigenvalue weighted by molar-refractivity contribution is 7.89. The van der Waals surface area contributed by atoms with Gasteiger partial charge in [0, 0.05) is 18.0 Å². The highest BCUT2D eigenvalue weighted by Gasteiger charge is 2.61. The minimum atomic E-state index is -3.91. The summed E-state index contributed by atoms with van der Waals surface area (Å²) in [5.41, 5.74) is 1.62. The van der Waals surface area contributed by atoms with Crippen LogP contribution in [0.15, 0.2) is 35.0 Å². The number of carbonyl (C=O) groups excluding carboxylic acids is 2. The number of primary sulfonamides is 1. The molecule has 0 aromatic carbocycles. The summed E-state index contributed by atoms with van der Waals surface area (Å²) in [6, 6.07) is 2.64. The predicted molar refractivity (Wildman–Crippen MR) is 126 cm³/mol. The zero-order chi connectivity index (χ0) is 24.5. The number of sulfonamides is 1. The summed E-state index contributed by atoms with van der Waals surface area (Å²) >= 11 is 0. The van der Waals surface area contributed by atoms with Crippen molar-refractivity contribution in [3.05, 3.63) is 35.5 Å². The van der Waals surface area contributed by atoms with Crippen LogP contribution in [0.2, 0.25) is 0 Å². The number of ketones is 1. The molecule has 7 atom stereocenters. The lowest BCUT2D eigenvalue weighted by Crippen LogP contribution is -2.54. The van der Waals surface area contributed by atoms with Gasteiger partial charge in [-0.25, -0.2) is 23.3 Å². The Hall–Kier alpha value is -2.06. The fraction of sp³-hybridized carbons (Fsp3) is 0.654. The molecule has 1 aromatic rings. The van der Waals surface area contributed by atoms with E-state index in [0.717, 1.165) is 38.5 Å². The third kappa shape index (κ3) is 3.65. The first-order valence-corrected chi connectivity index (χ1v) is 13.9. The molecule has 0 saturated heterocycles. The van der Waals surface area contributed by atoms with Crippen molar-refractivity contribution in [3.8, 4) is 0 Å². The molecule has 5 rings (SSSR count). The molecule has 0 bridgehead atoms. The van der Waals surface area contributed by atoms with Gasteiger partial charge in [-0.2, -0.15) is 0 Å². The third-order valence-corrected chi connectivity index (χ3v) is 10.6. The molecule has 4 aliphatic rings. The average molecular weight is 487 g/mol. The van der Waals surface area contributed by atoms with Crippen LogP contribution in [0, 0.1) is 34.5 Å². The first-order valence-electron chi connectivity index (χ1n) is 12.4. The van der Waals surface area contributed by atoms with Crippen LogP contribution >= 0.6 is 0 Å². The largest absolute Gasteiger partial charge is 0.458 e. The molecule has 184 valence electrons. The predicted octanol–water partition coefficient (Wildman–Crippen LogP) is 4.03. The third-order valence-electron chi connectivity index (χ3n) is 9.74. The molecular formula is C26H34N2O5S. The summed E-state index contributed by atoms with van der Waals surface area (Å²) < 4.78 is 28.9. The molecule has 0 spiro atoms. The molecule has 2 N–H and O–H groups in total. The summed E-state index contributed by atoms with van der Waals surface area (Å²) in [5.74, 6) is 1.93. The Morgan fingerprint density at radius 3 is 2.59 bits per heavy atom. The Kier molecular flexibility index (Phi) is 5.56. The first kappa shape index (κ1) is 23.7. The van der Waals surface area contributed by atoms with Crippen LogP contribution in [-0.2, 0) is 19.6 Å². The molecule has 7 nitrogen and oxygen atoms in total. The molecule has 1 heterocycles. The van der Waals surface area contributed by atoms with Gasteiger partial charge >= 0.3 is 5.97 Å². The maximum absolute atomic E-state index is 12.9. The maximum atomic E-state index is 12.9. The molecule has 4 unspecified atom stereocenters. The lowest BCUT2D eigenvalue weighted by molar-refractivity contribution is -0.119. The molecule has 1 aromatic heterocycles. The molecule has 8 heteroatoms. The number of nitrogens with zero attached hydrogens (tertiary/aromatic N) is 1. The number of hydrogen-bond acceptors (Lipinski definition) is 6. The van der Waals surface area contributed by atoms with Gasteiger partial charge in [-0.3, -0.25) is 4.79 Å². The van der Waals surface area contributed by atoms with Crippen molar-refractivity contribution >= 4 is 21.8 Å². The van der Waals surface area contributed by atoms with Gasteiger partial charge in [-0.15, -0.1) is 0 Å². The Morgan fingerprint density at radius 2 is 1.91 bits per heavy atom. The number of aromatic nitrogens is 1. The number of nitrogens with two attached hydrogens (primary N) is 1. The van der Waals surface area contributed by atoms with Crippen molar-refractivity contribution in [2.75, 3.05) is 0 Å². The second kappa shape index (κ2) is 7.98. The van der Waals surface area contributed by atoms with Crippen molar-refractivity contribution in [1.82, 2.24) is 4.98 Å². The van der Waals surface area contributed by atoms with E-state index in [2.05, 4.69) is 25.8 Å². The first-order chi connectivity index (χ1) is 15.9. The fourth-order valence-corrected chi connectivity index (χ4v) is 8.37. The van der Waals surface area contributed by atoms with Crippen LogP contribution < -0.4 is 5.14 Å². The van der Waals surface area contributed by atoms with Crippen LogP contribution in [0.3, 0.4) is 0 Å². The Morgan fingerprint density at radius 1 is 1.15 bits per heavy atom. The smallest absolute Gasteiger partial charge is 0.339 e. The van der Waals surface area contributed by atoms with E-state index >= 15 is 0 Å². The van der Waals surface area contributed by atoms with Gasteiger partial charge in [-0.1, -0.05) is 26.3 Å². The highest BCUT2D eigenvalue weighted by Crippen LogP contribution is 2.66. The quantitative estimate of drug-likeness (QED) is 0.645. The number of fused-ring (bicyclic) bond motifs is 5. The lowest BCUT2D eigenvalue weighted by Gasteiger charge is -2.59. The van der Waals surface area contributed by atoms with E-state index in [1.165, 1.54) is 23.9 Å². The van der Waals surface area contributed by atoms with Gasteiger partial charge in [-0.05, 0) is 85.8 Å². The number of carbonyl (C=O) groups is 2. The number of hydrogen-bond donors (Lipinski definition) is 1. The summed E-state index contributed by atoms with van der Waals surface area (Å²) in [5, 5.41) is 4.83. The van der Waals surface area contributed by atoms with E-state index in [0.29, 0.717) is 30.1 Å². The Balaban J connectivity index is 1.36. The molecule has 0 aliphatic heterocycles. The standard InChI is InChI=1S/C26H34N2O5S/c1-15-12-17-13-18(29)8-10-25(17,2)20-9-11-26(3)19(23(15)20)5-6-21(26)33-24(30)16-4-7-22(28-14-16)34(27,31)32/h4,7,13-15,19-21,23H,5-6,8-12H2,1-3H3,(H2,27,31,32)/t15?,19?,20?,21-,23?,25-,26-/m0/s1. The zero-order valence-corrected chi connectivity index (χ0v) is 20.9. The van der Waals surface area contributed by atoms with Crippen LogP contribution in [0.5, 0.6) is 0 Å². The van der Waals surface area contributed by atoms with Gasteiger partial charge in [0.25, 0.3) is 10.0 Å². The van der Waals surface area contributed by atoms with E-state index in [-0.39, 0.29) is 33.3 Å². The SMILES string of the molecule is CC1CC2=CC(=O)CC[C@]2(C)C2CC[C@@]3(C)C(CC[C@@H]3OC(=O)c3ccc(S(N)(=O)=O)nc3)C12. The molecule has 3 saturated carbocycles. The normalized spacial score (nSPS) is 39.5. The number of pyridine rings is 1. The van der Waals surface area contributed by atoms with E-state index in [9.17, 15) is 18.0 Å². The minimum absolute atomic E-state index is 0.0822. The summed E-state index contributed by atoms with van der Waals surface area (Å²) in [4.78, 5) is 28.9. The monoisotopic (exact) mass is 486 g/mol. The summed E-state index contributed by atoms with van der Waals surface area (Å²) in [6.07, 6.45) is 9.55. The van der Waals surface area contributed by atoms with E-state index < -0.39 is 16.0 Å². The number of esters is 1. The molecular weight excluding hydrogens is 452 g/mol. The maximum Gasteiger partial charge on any atom is 0.339 e. The highest BCUT2D eigenvalue weighted by atomic mass is 32.2. The van der Waals surface area contributed by atoms with Gasteiger partial charge in [0.1, 0.15) is 6.10 Å². The Bertz CT molecular complexity index is 1160. The van der Waals surface area contributed by atoms with Gasteiger partial charge in [0.2, 0.25) is 0 Å². The number of rotatable bonds is 3. The molecule has 4 aliphatic carbocycles. The van der Waals surface area contributed by atoms with Gasteiger partial charge in [0.15, 0.2) is 10.8 Å². The minimum Gasteiger partial charge on any atom is -0.458 e. The average Bonchev–Trinajstić information content (AvgIpc) is 3.10. The van der Waals surface area contributed by atoms with Crippen molar-refractivity contribution < 1.29 is 22.7 Å². The van der Waals surface area contributed by atoms with Crippen molar-refractivity contribution in [3.63, 3.8) is 0 Å². The number of ether oxygens (including phenoxy) is 1. The van der Waals surface area contributed by atoms with Crippen molar-refractivity contribution in [1.29, 1.82) is 0 Å². The zero-order valence-electron chi connectivity index (χ0n) is 20.1. The fourth-order valence-electron chi connectivity index (χ4n) is 7.92. The van der Waals surface area contributed by atoms with Gasteiger partial charge < -0.3 is 4.74 Å². The van der Waals surface area contributed by atoms with Crippen molar-refractivity contribution in [2.24, 2.45) is 39.6 Å². The molecule has 0 radical (unpaired) electrons. The second-order valence-corrected chi connectivity index (χ2v) is 13.0. The molecule has 0 amide bonds. The van der Waals surface area contributed by atoms with Crippen LogP contribution in [-0.4, -0.2) is 31.3 Å². The Labute approximate surface area is 201 Å². The van der Waals surface area contributed by atoms with Crippen LogP contribution in [0.25, 0.3) is 0 Å². The van der Waals surface area contributed by atoms with Crippen LogP contribution in [0.4, 0.5) is 0 Å². The lowest BCUT2D eigenvalue weighted by atomic mass is 9.45. The summed E-state index contributed by atoms with van der Waals surface area (Å²) in [7, 11) is -3.91. The topological polar surface area (TPSA) is 116 Å². The van der Waals surface area contributed by atoms with Crippen LogP contribution in [0.1, 0.15) is 76.1 Å². The molecule has 34 heavy (non-hydrogen) atoms. The number of allylic oxidation sites excluding steroid dienone is 1. The summed E-state index contributed by atoms with van der Waals surface area (Å²) in [6.45, 7) is 7.00. The van der Waals surface area contributed by atoms with Crippen molar-refractivity contribution in [2.45, 2.75) is 76.8 Å². The second-order valence-electron chi connectivity index (χ2n) is 11.5. The van der Waals surface area contributed by atoms with Gasteiger partial charge in [0.05, 0.1) is 5.56 Å². The van der Waals surface area contributed by atoms with E-state index in [1.807, 2.05) is 6.08 Å². The van der Waals surface area contributed by atoms with E-state index in [4.69, 9.17) is 9.88 Å². The van der Waals surface area contributed by atoms with E-state index in [1.54, 1.807) is 0 Å².